The Bertz CT molecular complexity index is 632. The second-order valence-corrected chi connectivity index (χ2v) is 4.52. The average molecular weight is 293 g/mol. The van der Waals surface area contributed by atoms with Crippen molar-refractivity contribution in [1.82, 2.24) is 5.32 Å². The predicted molar refractivity (Wildman–Crippen MR) is 77.4 cm³/mol. The third kappa shape index (κ3) is 3.26. The van der Waals surface area contributed by atoms with Gasteiger partial charge in [-0.25, -0.2) is 0 Å². The van der Waals surface area contributed by atoms with Gasteiger partial charge < -0.3 is 10.1 Å². The van der Waals surface area contributed by atoms with Crippen LogP contribution in [-0.2, 0) is 6.54 Å². The van der Waals surface area contributed by atoms with Crippen molar-refractivity contribution in [1.29, 1.82) is 0 Å². The summed E-state index contributed by atoms with van der Waals surface area (Å²) in [5.41, 5.74) is 0.858. The quantitative estimate of drug-likeness (QED) is 0.673. The van der Waals surface area contributed by atoms with Crippen LogP contribution in [-0.4, -0.2) is 12.0 Å². The Balaban J connectivity index is 2.34. The van der Waals surface area contributed by atoms with Gasteiger partial charge in [-0.05, 0) is 19.2 Å². The SMILES string of the molecule is CNCc1cccc(Cl)c1Oc1cccc([N+](=O)[O-])c1. The average Bonchev–Trinajstić information content (AvgIpc) is 2.43. The second kappa shape index (κ2) is 6.36. The lowest BCUT2D eigenvalue weighted by atomic mass is 10.2. The monoisotopic (exact) mass is 292 g/mol. The van der Waals surface area contributed by atoms with Gasteiger partial charge in [-0.3, -0.25) is 10.1 Å². The van der Waals surface area contributed by atoms with E-state index in [9.17, 15) is 10.1 Å². The first-order valence-electron chi connectivity index (χ1n) is 5.96. The Morgan fingerprint density at radius 2 is 2.05 bits per heavy atom. The summed E-state index contributed by atoms with van der Waals surface area (Å²) in [6, 6.07) is 11.4. The van der Waals surface area contributed by atoms with Crippen molar-refractivity contribution >= 4 is 17.3 Å². The van der Waals surface area contributed by atoms with E-state index in [0.717, 1.165) is 5.56 Å². The minimum Gasteiger partial charge on any atom is -0.455 e. The molecule has 5 nitrogen and oxygen atoms in total. The first kappa shape index (κ1) is 14.3. The molecule has 0 unspecified atom stereocenters. The topological polar surface area (TPSA) is 64.4 Å². The van der Waals surface area contributed by atoms with Crippen LogP contribution in [0.2, 0.25) is 5.02 Å². The van der Waals surface area contributed by atoms with Crippen LogP contribution < -0.4 is 10.1 Å². The largest absolute Gasteiger partial charge is 0.455 e. The minimum atomic E-state index is -0.464. The number of ether oxygens (including phenoxy) is 1. The van der Waals surface area contributed by atoms with Gasteiger partial charge in [0, 0.05) is 18.2 Å². The zero-order valence-electron chi connectivity index (χ0n) is 10.8. The molecule has 2 aromatic carbocycles. The van der Waals surface area contributed by atoms with Gasteiger partial charge in [0.2, 0.25) is 0 Å². The summed E-state index contributed by atoms with van der Waals surface area (Å²) < 4.78 is 5.71. The van der Waals surface area contributed by atoms with Crippen LogP contribution in [0.15, 0.2) is 42.5 Å². The Kier molecular flexibility index (Phi) is 4.55. The highest BCUT2D eigenvalue weighted by Crippen LogP contribution is 2.34. The number of para-hydroxylation sites is 1. The fourth-order valence-electron chi connectivity index (χ4n) is 1.78. The van der Waals surface area contributed by atoms with E-state index in [1.807, 2.05) is 19.2 Å². The van der Waals surface area contributed by atoms with Crippen LogP contribution in [0.4, 0.5) is 5.69 Å². The highest BCUT2D eigenvalue weighted by atomic mass is 35.5. The summed E-state index contributed by atoms with van der Waals surface area (Å²) in [6.45, 7) is 0.588. The Morgan fingerprint density at radius 3 is 2.75 bits per heavy atom. The van der Waals surface area contributed by atoms with E-state index in [2.05, 4.69) is 5.32 Å². The molecule has 1 N–H and O–H groups in total. The van der Waals surface area contributed by atoms with E-state index in [0.29, 0.717) is 23.1 Å². The number of hydrogen-bond acceptors (Lipinski definition) is 4. The molecule has 0 atom stereocenters. The molecule has 0 aliphatic heterocycles. The van der Waals surface area contributed by atoms with Gasteiger partial charge in [-0.15, -0.1) is 0 Å². The van der Waals surface area contributed by atoms with Crippen LogP contribution in [0.1, 0.15) is 5.56 Å². The number of nitro groups is 1. The molecule has 104 valence electrons. The van der Waals surface area contributed by atoms with Crippen LogP contribution in [0.5, 0.6) is 11.5 Å². The van der Waals surface area contributed by atoms with Crippen LogP contribution in [0, 0.1) is 10.1 Å². The van der Waals surface area contributed by atoms with E-state index in [1.54, 1.807) is 18.2 Å². The summed E-state index contributed by atoms with van der Waals surface area (Å²) in [5.74, 6) is 0.883. The standard InChI is InChI=1S/C14H13ClN2O3/c1-16-9-10-4-2-7-13(15)14(10)20-12-6-3-5-11(8-12)17(18)19/h2-8,16H,9H2,1H3. The van der Waals surface area contributed by atoms with Crippen molar-refractivity contribution < 1.29 is 9.66 Å². The Labute approximate surface area is 121 Å². The van der Waals surface area contributed by atoms with Gasteiger partial charge in [-0.2, -0.15) is 0 Å². The lowest BCUT2D eigenvalue weighted by Gasteiger charge is -2.12. The molecule has 0 aliphatic carbocycles. The van der Waals surface area contributed by atoms with E-state index in [-0.39, 0.29) is 5.69 Å². The Morgan fingerprint density at radius 1 is 1.30 bits per heavy atom. The number of benzene rings is 2. The molecule has 20 heavy (non-hydrogen) atoms. The van der Waals surface area contributed by atoms with Crippen molar-refractivity contribution in [3.8, 4) is 11.5 Å². The molecule has 0 saturated heterocycles. The summed E-state index contributed by atoms with van der Waals surface area (Å²) in [4.78, 5) is 10.3. The molecule has 0 bridgehead atoms. The molecule has 0 saturated carbocycles. The first-order chi connectivity index (χ1) is 9.61. The maximum absolute atomic E-state index is 10.8. The maximum Gasteiger partial charge on any atom is 0.273 e. The second-order valence-electron chi connectivity index (χ2n) is 4.11. The van der Waals surface area contributed by atoms with Crippen molar-refractivity contribution in [2.24, 2.45) is 0 Å². The number of nitrogens with zero attached hydrogens (tertiary/aromatic N) is 1. The molecule has 0 amide bonds. The van der Waals surface area contributed by atoms with Crippen molar-refractivity contribution in [2.75, 3.05) is 7.05 Å². The van der Waals surface area contributed by atoms with Gasteiger partial charge in [0.05, 0.1) is 16.0 Å². The molecular weight excluding hydrogens is 280 g/mol. The molecule has 0 heterocycles. The summed E-state index contributed by atoms with van der Waals surface area (Å²) in [7, 11) is 1.82. The van der Waals surface area contributed by atoms with E-state index in [4.69, 9.17) is 16.3 Å². The molecule has 0 radical (unpaired) electrons. The number of non-ortho nitro benzene ring substituents is 1. The third-order valence-corrected chi connectivity index (χ3v) is 2.96. The summed E-state index contributed by atoms with van der Waals surface area (Å²) >= 11 is 6.13. The van der Waals surface area contributed by atoms with Gasteiger partial charge in [0.25, 0.3) is 5.69 Å². The molecule has 6 heteroatoms. The molecule has 0 fully saturated rings. The maximum atomic E-state index is 10.8. The number of nitrogens with one attached hydrogen (secondary N) is 1. The highest BCUT2D eigenvalue weighted by molar-refractivity contribution is 6.32. The normalized spacial score (nSPS) is 10.3. The van der Waals surface area contributed by atoms with Gasteiger partial charge in [-0.1, -0.05) is 29.8 Å². The van der Waals surface area contributed by atoms with Crippen LogP contribution >= 0.6 is 11.6 Å². The third-order valence-electron chi connectivity index (χ3n) is 2.66. The van der Waals surface area contributed by atoms with Gasteiger partial charge in [0.1, 0.15) is 11.5 Å². The molecule has 2 aromatic rings. The fraction of sp³-hybridized carbons (Fsp3) is 0.143. The Hall–Kier alpha value is -2.11. The summed E-state index contributed by atoms with van der Waals surface area (Å²) in [6.07, 6.45) is 0. The van der Waals surface area contributed by atoms with E-state index >= 15 is 0 Å². The lowest BCUT2D eigenvalue weighted by molar-refractivity contribution is -0.384. The molecule has 2 rings (SSSR count). The number of halogens is 1. The van der Waals surface area contributed by atoms with Gasteiger partial charge >= 0.3 is 0 Å². The zero-order valence-corrected chi connectivity index (χ0v) is 11.6. The van der Waals surface area contributed by atoms with Crippen molar-refractivity contribution in [3.05, 3.63) is 63.2 Å². The smallest absolute Gasteiger partial charge is 0.273 e. The van der Waals surface area contributed by atoms with Crippen molar-refractivity contribution in [3.63, 3.8) is 0 Å². The number of rotatable bonds is 5. The lowest BCUT2D eigenvalue weighted by Crippen LogP contribution is -2.06. The van der Waals surface area contributed by atoms with E-state index < -0.39 is 4.92 Å². The first-order valence-corrected chi connectivity index (χ1v) is 6.34. The zero-order chi connectivity index (χ0) is 14.5. The molecule has 0 spiro atoms. The fourth-order valence-corrected chi connectivity index (χ4v) is 2.01. The van der Waals surface area contributed by atoms with Crippen LogP contribution in [0.25, 0.3) is 0 Å². The minimum absolute atomic E-state index is 0.0234. The molecule has 0 aliphatic rings. The molecular formula is C14H13ClN2O3. The van der Waals surface area contributed by atoms with Gasteiger partial charge in [0.15, 0.2) is 0 Å². The van der Waals surface area contributed by atoms with E-state index in [1.165, 1.54) is 12.1 Å². The molecule has 0 aromatic heterocycles. The highest BCUT2D eigenvalue weighted by Gasteiger charge is 2.11. The van der Waals surface area contributed by atoms with Crippen molar-refractivity contribution in [2.45, 2.75) is 6.54 Å². The number of nitro benzene ring substituents is 1. The summed E-state index contributed by atoms with van der Waals surface area (Å²) in [5, 5.41) is 14.2. The number of hydrogen-bond donors (Lipinski definition) is 1. The predicted octanol–water partition coefficient (Wildman–Crippen LogP) is 3.76. The van der Waals surface area contributed by atoms with Crippen LogP contribution in [0.3, 0.4) is 0 Å².